The van der Waals surface area contributed by atoms with E-state index in [9.17, 15) is 0 Å². The molecule has 1 heterocycles. The van der Waals surface area contributed by atoms with Crippen LogP contribution in [0.15, 0.2) is 4.47 Å². The lowest BCUT2D eigenvalue weighted by atomic mass is 10.1. The number of aromatic nitrogens is 2. The van der Waals surface area contributed by atoms with Gasteiger partial charge in [-0.3, -0.25) is 4.68 Å². The van der Waals surface area contributed by atoms with E-state index in [4.69, 9.17) is 4.74 Å². The Morgan fingerprint density at radius 2 is 2.11 bits per heavy atom. The fourth-order valence-electron chi connectivity index (χ4n) is 2.23. The summed E-state index contributed by atoms with van der Waals surface area (Å²) in [4.78, 5) is 0. The molecule has 1 rings (SSSR count). The summed E-state index contributed by atoms with van der Waals surface area (Å²) in [6.07, 6.45) is 2.01. The maximum absolute atomic E-state index is 5.47. The van der Waals surface area contributed by atoms with Gasteiger partial charge in [0.2, 0.25) is 0 Å². The van der Waals surface area contributed by atoms with Crippen molar-refractivity contribution in [1.82, 2.24) is 15.1 Å². The summed E-state index contributed by atoms with van der Waals surface area (Å²) in [6, 6.07) is 0.439. The number of halogens is 1. The molecular weight excluding hydrogens is 306 g/mol. The maximum Gasteiger partial charge on any atom is 0.0738 e. The highest BCUT2D eigenvalue weighted by atomic mass is 79.9. The predicted octanol–water partition coefficient (Wildman–Crippen LogP) is 2.92. The largest absolute Gasteiger partial charge is 0.382 e. The van der Waals surface area contributed by atoms with Crippen LogP contribution in [0.3, 0.4) is 0 Å². The second kappa shape index (κ2) is 8.72. The second-order valence-corrected chi connectivity index (χ2v) is 5.40. The van der Waals surface area contributed by atoms with Gasteiger partial charge in [-0.2, -0.15) is 5.10 Å². The Bertz CT molecular complexity index is 379. The SMILES string of the molecule is CCNC(CCOCC)Cc1c(Br)c(C)nn1CC. The summed E-state index contributed by atoms with van der Waals surface area (Å²) in [6.45, 7) is 11.8. The van der Waals surface area contributed by atoms with Gasteiger partial charge < -0.3 is 10.1 Å². The van der Waals surface area contributed by atoms with E-state index in [1.165, 1.54) is 5.69 Å². The van der Waals surface area contributed by atoms with Crippen LogP contribution >= 0.6 is 15.9 Å². The Balaban J connectivity index is 2.72. The van der Waals surface area contributed by atoms with Crippen LogP contribution < -0.4 is 5.32 Å². The Kier molecular flexibility index (Phi) is 7.64. The fourth-order valence-corrected chi connectivity index (χ4v) is 2.68. The molecule has 0 aromatic carbocycles. The summed E-state index contributed by atoms with van der Waals surface area (Å²) in [7, 11) is 0. The number of hydrogen-bond donors (Lipinski definition) is 1. The quantitative estimate of drug-likeness (QED) is 0.707. The van der Waals surface area contributed by atoms with E-state index >= 15 is 0 Å². The monoisotopic (exact) mass is 331 g/mol. The van der Waals surface area contributed by atoms with Crippen molar-refractivity contribution >= 4 is 15.9 Å². The van der Waals surface area contributed by atoms with Crippen LogP contribution in [0.25, 0.3) is 0 Å². The Morgan fingerprint density at radius 3 is 2.68 bits per heavy atom. The van der Waals surface area contributed by atoms with Crippen molar-refractivity contribution in [2.75, 3.05) is 19.8 Å². The molecule has 1 aromatic rings. The van der Waals surface area contributed by atoms with Gasteiger partial charge in [-0.25, -0.2) is 0 Å². The molecule has 0 fully saturated rings. The molecule has 1 aromatic heterocycles. The van der Waals surface area contributed by atoms with Crippen LogP contribution in [0.2, 0.25) is 0 Å². The van der Waals surface area contributed by atoms with Gasteiger partial charge in [-0.1, -0.05) is 6.92 Å². The number of hydrogen-bond acceptors (Lipinski definition) is 3. The molecule has 0 aliphatic carbocycles. The molecule has 1 atom stereocenters. The van der Waals surface area contributed by atoms with Crippen molar-refractivity contribution in [2.45, 2.75) is 53.1 Å². The van der Waals surface area contributed by atoms with Gasteiger partial charge in [0.15, 0.2) is 0 Å². The molecule has 110 valence electrons. The molecule has 5 heteroatoms. The standard InChI is InChI=1S/C14H26BrN3O/c1-5-16-12(8-9-19-7-3)10-13-14(15)11(4)17-18(13)6-2/h12,16H,5-10H2,1-4H3. The summed E-state index contributed by atoms with van der Waals surface area (Å²) < 4.78 is 8.70. The minimum Gasteiger partial charge on any atom is -0.382 e. The van der Waals surface area contributed by atoms with E-state index in [0.717, 1.165) is 49.3 Å². The average Bonchev–Trinajstić information content (AvgIpc) is 2.67. The van der Waals surface area contributed by atoms with Crippen molar-refractivity contribution in [3.05, 3.63) is 15.9 Å². The normalized spacial score (nSPS) is 12.9. The molecule has 0 radical (unpaired) electrons. The average molecular weight is 332 g/mol. The minimum absolute atomic E-state index is 0.439. The lowest BCUT2D eigenvalue weighted by Gasteiger charge is -2.18. The van der Waals surface area contributed by atoms with Gasteiger partial charge in [0, 0.05) is 32.2 Å². The highest BCUT2D eigenvalue weighted by Crippen LogP contribution is 2.22. The fraction of sp³-hybridized carbons (Fsp3) is 0.786. The highest BCUT2D eigenvalue weighted by molar-refractivity contribution is 9.10. The number of likely N-dealkylation sites (N-methyl/N-ethyl adjacent to an activating group) is 1. The molecule has 1 N–H and O–H groups in total. The van der Waals surface area contributed by atoms with E-state index in [1.807, 2.05) is 13.8 Å². The number of aryl methyl sites for hydroxylation is 2. The highest BCUT2D eigenvalue weighted by Gasteiger charge is 2.17. The van der Waals surface area contributed by atoms with Gasteiger partial charge in [0.25, 0.3) is 0 Å². The molecule has 0 amide bonds. The minimum atomic E-state index is 0.439. The van der Waals surface area contributed by atoms with Crippen LogP contribution in [0, 0.1) is 6.92 Å². The Hall–Kier alpha value is -0.390. The van der Waals surface area contributed by atoms with Crippen LogP contribution in [0.1, 0.15) is 38.6 Å². The molecule has 1 unspecified atom stereocenters. The number of nitrogens with zero attached hydrogens (tertiary/aromatic N) is 2. The Morgan fingerprint density at radius 1 is 1.37 bits per heavy atom. The molecule has 0 aliphatic rings. The van der Waals surface area contributed by atoms with Crippen LogP contribution in [-0.4, -0.2) is 35.6 Å². The zero-order valence-corrected chi connectivity index (χ0v) is 14.1. The summed E-state index contributed by atoms with van der Waals surface area (Å²) in [5.41, 5.74) is 2.35. The summed E-state index contributed by atoms with van der Waals surface area (Å²) >= 11 is 3.66. The lowest BCUT2D eigenvalue weighted by molar-refractivity contribution is 0.136. The first-order valence-electron chi connectivity index (χ1n) is 7.16. The first-order valence-corrected chi connectivity index (χ1v) is 7.96. The maximum atomic E-state index is 5.47. The van der Waals surface area contributed by atoms with Crippen LogP contribution in [0.5, 0.6) is 0 Å². The van der Waals surface area contributed by atoms with Crippen molar-refractivity contribution in [3.8, 4) is 0 Å². The number of ether oxygens (including phenoxy) is 1. The van der Waals surface area contributed by atoms with Crippen molar-refractivity contribution in [2.24, 2.45) is 0 Å². The van der Waals surface area contributed by atoms with Crippen molar-refractivity contribution < 1.29 is 4.74 Å². The zero-order valence-electron chi connectivity index (χ0n) is 12.5. The molecule has 0 aliphatic heterocycles. The van der Waals surface area contributed by atoms with Crippen LogP contribution in [-0.2, 0) is 17.7 Å². The van der Waals surface area contributed by atoms with E-state index in [1.54, 1.807) is 0 Å². The van der Waals surface area contributed by atoms with Gasteiger partial charge >= 0.3 is 0 Å². The number of nitrogens with one attached hydrogen (secondary N) is 1. The first kappa shape index (κ1) is 16.7. The summed E-state index contributed by atoms with van der Waals surface area (Å²) in [5.74, 6) is 0. The van der Waals surface area contributed by atoms with Gasteiger partial charge in [0.1, 0.15) is 0 Å². The van der Waals surface area contributed by atoms with Gasteiger partial charge in [-0.05, 0) is 49.7 Å². The lowest BCUT2D eigenvalue weighted by Crippen LogP contribution is -2.33. The molecule has 4 nitrogen and oxygen atoms in total. The topological polar surface area (TPSA) is 39.1 Å². The molecule has 0 spiro atoms. The van der Waals surface area contributed by atoms with Gasteiger partial charge in [0.05, 0.1) is 15.9 Å². The van der Waals surface area contributed by atoms with E-state index in [-0.39, 0.29) is 0 Å². The third kappa shape index (κ3) is 4.89. The van der Waals surface area contributed by atoms with Crippen molar-refractivity contribution in [1.29, 1.82) is 0 Å². The first-order chi connectivity index (χ1) is 9.13. The number of rotatable bonds is 9. The third-order valence-electron chi connectivity index (χ3n) is 3.20. The molecule has 0 bridgehead atoms. The van der Waals surface area contributed by atoms with Gasteiger partial charge in [-0.15, -0.1) is 0 Å². The second-order valence-electron chi connectivity index (χ2n) is 4.61. The third-order valence-corrected chi connectivity index (χ3v) is 4.23. The van der Waals surface area contributed by atoms with E-state index in [0.29, 0.717) is 6.04 Å². The molecule has 0 saturated carbocycles. The zero-order chi connectivity index (χ0) is 14.3. The molecule has 0 saturated heterocycles. The Labute approximate surface area is 125 Å². The smallest absolute Gasteiger partial charge is 0.0738 e. The molecule has 19 heavy (non-hydrogen) atoms. The van der Waals surface area contributed by atoms with E-state index in [2.05, 4.69) is 44.9 Å². The summed E-state index contributed by atoms with van der Waals surface area (Å²) in [5, 5.41) is 8.08. The van der Waals surface area contributed by atoms with E-state index < -0.39 is 0 Å². The predicted molar refractivity (Wildman–Crippen MR) is 82.6 cm³/mol. The van der Waals surface area contributed by atoms with Crippen molar-refractivity contribution in [3.63, 3.8) is 0 Å². The molecular formula is C14H26BrN3O. The van der Waals surface area contributed by atoms with Crippen LogP contribution in [0.4, 0.5) is 0 Å².